The maximum Gasteiger partial charge on any atom is 0.231 e. The van der Waals surface area contributed by atoms with Crippen molar-refractivity contribution in [3.05, 3.63) is 46.5 Å². The fraction of sp³-hybridized carbons (Fsp3) is 0.435. The van der Waals surface area contributed by atoms with Crippen molar-refractivity contribution in [2.75, 3.05) is 55.9 Å². The molecule has 0 bridgehead atoms. The monoisotopic (exact) mass is 504 g/mol. The lowest BCUT2D eigenvalue weighted by atomic mass is 10.0. The molecule has 0 atom stereocenters. The number of pyridine rings is 1. The average Bonchev–Trinajstić information content (AvgIpc) is 2.83. The van der Waals surface area contributed by atoms with Crippen LogP contribution in [-0.2, 0) is 22.2 Å². The number of sulfonamides is 1. The highest BCUT2D eigenvalue weighted by Crippen LogP contribution is 2.33. The van der Waals surface area contributed by atoms with Crippen molar-refractivity contribution in [3.8, 4) is 12.1 Å². The molecule has 0 radical (unpaired) electrons. The fourth-order valence-electron chi connectivity index (χ4n) is 3.25. The van der Waals surface area contributed by atoms with E-state index in [0.29, 0.717) is 58.5 Å². The minimum atomic E-state index is -3.34. The molecule has 182 valence electrons. The average molecular weight is 505 g/mol. The summed E-state index contributed by atoms with van der Waals surface area (Å²) in [5.74, 6) is 1.01. The fourth-order valence-corrected chi connectivity index (χ4v) is 4.72. The highest BCUT2D eigenvalue weighted by Gasteiger charge is 2.21. The van der Waals surface area contributed by atoms with E-state index in [2.05, 4.69) is 22.4 Å². The quantitative estimate of drug-likeness (QED) is 0.347. The van der Waals surface area contributed by atoms with Gasteiger partial charge in [0.2, 0.25) is 10.0 Å². The number of nitrogens with one attached hydrogen (secondary N) is 1. The zero-order chi connectivity index (χ0) is 25.3. The number of hydrogen-bond acceptors (Lipinski definition) is 8. The number of anilines is 2. The number of hydrogen-bond donors (Lipinski definition) is 1. The van der Waals surface area contributed by atoms with Gasteiger partial charge in [-0.25, -0.2) is 17.8 Å². The van der Waals surface area contributed by atoms with Gasteiger partial charge in [0, 0.05) is 39.5 Å². The molecule has 34 heavy (non-hydrogen) atoms. The molecule has 1 N–H and O–H groups in total. The molecule has 0 unspecified atom stereocenters. The van der Waals surface area contributed by atoms with Crippen LogP contribution in [0, 0.1) is 22.7 Å². The number of nitriles is 2. The SMILES string of the molecule is CCc1c(C#N)c(SCc2ccc(N(C)S(C)(=O)=O)cc2)nc(N(C)CCNCCF)c1C#N. The Balaban J connectivity index is 2.32. The van der Waals surface area contributed by atoms with E-state index in [1.165, 1.54) is 23.1 Å². The van der Waals surface area contributed by atoms with Gasteiger partial charge in [-0.2, -0.15) is 10.5 Å². The number of likely N-dealkylation sites (N-methyl/N-ethyl adjacent to an activating group) is 1. The van der Waals surface area contributed by atoms with E-state index in [-0.39, 0.29) is 6.54 Å². The van der Waals surface area contributed by atoms with Crippen LogP contribution in [0.5, 0.6) is 0 Å². The lowest BCUT2D eigenvalue weighted by Gasteiger charge is -2.22. The topological polar surface area (TPSA) is 113 Å². The van der Waals surface area contributed by atoms with E-state index in [1.807, 2.05) is 31.0 Å². The van der Waals surface area contributed by atoms with E-state index < -0.39 is 16.7 Å². The lowest BCUT2D eigenvalue weighted by Crippen LogP contribution is -2.31. The van der Waals surface area contributed by atoms with Gasteiger partial charge in [-0.05, 0) is 29.7 Å². The number of alkyl halides is 1. The summed E-state index contributed by atoms with van der Waals surface area (Å²) in [6.07, 6.45) is 1.66. The van der Waals surface area contributed by atoms with Crippen molar-refractivity contribution < 1.29 is 12.8 Å². The summed E-state index contributed by atoms with van der Waals surface area (Å²) >= 11 is 1.39. The number of halogens is 1. The molecular weight excluding hydrogens is 475 g/mol. The molecule has 0 spiro atoms. The van der Waals surface area contributed by atoms with Gasteiger partial charge < -0.3 is 10.2 Å². The molecule has 1 aromatic carbocycles. The molecule has 1 heterocycles. The van der Waals surface area contributed by atoms with E-state index in [4.69, 9.17) is 0 Å². The number of rotatable bonds is 12. The molecule has 0 aliphatic rings. The predicted octanol–water partition coefficient (Wildman–Crippen LogP) is 3.07. The number of nitrogens with zero attached hydrogens (tertiary/aromatic N) is 5. The number of benzene rings is 1. The summed E-state index contributed by atoms with van der Waals surface area (Å²) in [4.78, 5) is 6.51. The van der Waals surface area contributed by atoms with E-state index >= 15 is 0 Å². The zero-order valence-electron chi connectivity index (χ0n) is 19.8. The summed E-state index contributed by atoms with van der Waals surface area (Å²) in [5, 5.41) is 23.1. The first kappa shape index (κ1) is 27.4. The second-order valence-electron chi connectivity index (χ2n) is 7.59. The van der Waals surface area contributed by atoms with Crippen LogP contribution in [0.3, 0.4) is 0 Å². The van der Waals surface area contributed by atoms with Crippen molar-refractivity contribution in [1.82, 2.24) is 10.3 Å². The standard InChI is InChI=1S/C23H29FN6O2S2/c1-5-19-20(14-25)22(29(2)13-12-27-11-10-24)28-23(21(19)15-26)33-16-17-6-8-18(9-7-17)30(3)34(4,31)32/h6-9,27H,5,10-13,16H2,1-4H3. The van der Waals surface area contributed by atoms with Crippen LogP contribution < -0.4 is 14.5 Å². The van der Waals surface area contributed by atoms with Crippen LogP contribution in [0.1, 0.15) is 29.2 Å². The Kier molecular flexibility index (Phi) is 10.1. The zero-order valence-corrected chi connectivity index (χ0v) is 21.4. The Hall–Kier alpha value is -2.86. The van der Waals surface area contributed by atoms with Crippen molar-refractivity contribution in [2.24, 2.45) is 0 Å². The molecule has 0 fully saturated rings. The van der Waals surface area contributed by atoms with Crippen LogP contribution in [-0.4, -0.2) is 60.1 Å². The Morgan fingerprint density at radius 3 is 2.29 bits per heavy atom. The summed E-state index contributed by atoms with van der Waals surface area (Å²) < 4.78 is 37.0. The maximum atomic E-state index is 12.3. The Labute approximate surface area is 205 Å². The van der Waals surface area contributed by atoms with E-state index in [0.717, 1.165) is 11.8 Å². The van der Waals surface area contributed by atoms with Crippen LogP contribution in [0.25, 0.3) is 0 Å². The molecule has 2 rings (SSSR count). The summed E-state index contributed by atoms with van der Waals surface area (Å²) in [7, 11) is -0.0293. The van der Waals surface area contributed by atoms with Crippen molar-refractivity contribution in [2.45, 2.75) is 24.1 Å². The highest BCUT2D eigenvalue weighted by molar-refractivity contribution is 7.98. The van der Waals surface area contributed by atoms with Crippen LogP contribution in [0.2, 0.25) is 0 Å². The van der Waals surface area contributed by atoms with Crippen LogP contribution in [0.4, 0.5) is 15.9 Å². The normalized spacial score (nSPS) is 11.0. The molecule has 8 nitrogen and oxygen atoms in total. The number of aromatic nitrogens is 1. The van der Waals surface area contributed by atoms with Gasteiger partial charge in [0.05, 0.1) is 23.1 Å². The third-order valence-electron chi connectivity index (χ3n) is 5.26. The van der Waals surface area contributed by atoms with Crippen molar-refractivity contribution in [1.29, 1.82) is 10.5 Å². The first-order chi connectivity index (χ1) is 16.2. The molecule has 1 aromatic heterocycles. The number of thioether (sulfide) groups is 1. The van der Waals surface area contributed by atoms with Crippen LogP contribution >= 0.6 is 11.8 Å². The van der Waals surface area contributed by atoms with Gasteiger partial charge in [-0.15, -0.1) is 11.8 Å². The molecule has 0 aliphatic carbocycles. The van der Waals surface area contributed by atoms with Gasteiger partial charge in [0.1, 0.15) is 29.7 Å². The smallest absolute Gasteiger partial charge is 0.231 e. The summed E-state index contributed by atoms with van der Waals surface area (Å²) in [6, 6.07) is 11.6. The minimum Gasteiger partial charge on any atom is -0.357 e. The van der Waals surface area contributed by atoms with Gasteiger partial charge in [0.15, 0.2) is 0 Å². The molecule has 0 saturated heterocycles. The lowest BCUT2D eigenvalue weighted by molar-refractivity contribution is 0.468. The first-order valence-electron chi connectivity index (χ1n) is 10.7. The Morgan fingerprint density at radius 1 is 1.12 bits per heavy atom. The Bertz CT molecular complexity index is 1170. The molecule has 0 saturated carbocycles. The molecular formula is C23H29FN6O2S2. The summed E-state index contributed by atoms with van der Waals surface area (Å²) in [6.45, 7) is 2.77. The second kappa shape index (κ2) is 12.6. The Morgan fingerprint density at radius 2 is 1.76 bits per heavy atom. The van der Waals surface area contributed by atoms with Crippen molar-refractivity contribution in [3.63, 3.8) is 0 Å². The largest absolute Gasteiger partial charge is 0.357 e. The predicted molar refractivity (Wildman–Crippen MR) is 134 cm³/mol. The van der Waals surface area contributed by atoms with Crippen LogP contribution in [0.15, 0.2) is 29.3 Å². The van der Waals surface area contributed by atoms with Gasteiger partial charge in [-0.3, -0.25) is 4.31 Å². The molecule has 2 aromatic rings. The van der Waals surface area contributed by atoms with Gasteiger partial charge in [-0.1, -0.05) is 19.1 Å². The van der Waals surface area contributed by atoms with E-state index in [9.17, 15) is 23.3 Å². The second-order valence-corrected chi connectivity index (χ2v) is 10.6. The molecule has 11 heteroatoms. The van der Waals surface area contributed by atoms with E-state index in [1.54, 1.807) is 12.1 Å². The first-order valence-corrected chi connectivity index (χ1v) is 13.5. The van der Waals surface area contributed by atoms with Gasteiger partial charge in [0.25, 0.3) is 0 Å². The maximum absolute atomic E-state index is 12.3. The summed E-state index contributed by atoms with van der Waals surface area (Å²) in [5.41, 5.74) is 2.93. The van der Waals surface area contributed by atoms with Gasteiger partial charge >= 0.3 is 0 Å². The molecule has 0 amide bonds. The van der Waals surface area contributed by atoms with Crippen molar-refractivity contribution >= 4 is 33.3 Å². The molecule has 0 aliphatic heterocycles. The minimum absolute atomic E-state index is 0.264. The highest BCUT2D eigenvalue weighted by atomic mass is 32.2. The third kappa shape index (κ3) is 6.83. The third-order valence-corrected chi connectivity index (χ3v) is 7.51.